The van der Waals surface area contributed by atoms with Crippen molar-refractivity contribution in [3.63, 3.8) is 0 Å². The number of halogens is 1. The number of carbonyl (C=O) groups excluding carboxylic acids is 1. The fourth-order valence-corrected chi connectivity index (χ4v) is 4.70. The number of aromatic nitrogens is 1. The number of hydrogen-bond acceptors (Lipinski definition) is 5. The molecule has 2 aromatic carbocycles. The maximum Gasteiger partial charge on any atom is 0.267 e. The summed E-state index contributed by atoms with van der Waals surface area (Å²) in [5.74, 6) is 0.154. The van der Waals surface area contributed by atoms with Crippen molar-refractivity contribution in [3.05, 3.63) is 47.1 Å². The van der Waals surface area contributed by atoms with Gasteiger partial charge in [0.15, 0.2) is 16.4 Å². The van der Waals surface area contributed by atoms with Crippen molar-refractivity contribution in [2.45, 2.75) is 4.90 Å². The molecule has 0 saturated carbocycles. The lowest BCUT2D eigenvalue weighted by atomic mass is 10.2. The van der Waals surface area contributed by atoms with Gasteiger partial charge in [-0.25, -0.2) is 8.42 Å². The van der Waals surface area contributed by atoms with Crippen LogP contribution in [0.15, 0.2) is 41.3 Å². The molecule has 0 fully saturated rings. The Balaban J connectivity index is 1.71. The highest BCUT2D eigenvalue weighted by molar-refractivity contribution is 7.93. The molecule has 0 aliphatic carbocycles. The van der Waals surface area contributed by atoms with Gasteiger partial charge in [0.25, 0.3) is 15.9 Å². The molecule has 0 radical (unpaired) electrons. The van der Waals surface area contributed by atoms with E-state index in [1.54, 1.807) is 30.3 Å². The van der Waals surface area contributed by atoms with Crippen molar-refractivity contribution < 1.29 is 22.7 Å². The second-order valence-electron chi connectivity index (χ2n) is 6.07. The third-order valence-corrected chi connectivity index (χ3v) is 6.10. The van der Waals surface area contributed by atoms with Crippen molar-refractivity contribution in [2.24, 2.45) is 0 Å². The number of anilines is 1. The van der Waals surface area contributed by atoms with Crippen LogP contribution in [0.5, 0.6) is 11.5 Å². The number of amides is 1. The zero-order chi connectivity index (χ0) is 19.9. The summed E-state index contributed by atoms with van der Waals surface area (Å²) < 4.78 is 39.4. The Morgan fingerprint density at radius 3 is 2.71 bits per heavy atom. The Morgan fingerprint density at radius 1 is 1.14 bits per heavy atom. The van der Waals surface area contributed by atoms with Crippen molar-refractivity contribution in [1.82, 2.24) is 10.3 Å². The minimum absolute atomic E-state index is 0.0291. The largest absolute Gasteiger partial charge is 0.486 e. The predicted molar refractivity (Wildman–Crippen MR) is 105 cm³/mol. The molecule has 1 aliphatic rings. The minimum atomic E-state index is -4.04. The number of ether oxygens (including phenoxy) is 2. The summed E-state index contributed by atoms with van der Waals surface area (Å²) >= 11 is 6.16. The van der Waals surface area contributed by atoms with Gasteiger partial charge < -0.3 is 19.8 Å². The van der Waals surface area contributed by atoms with Crippen LogP contribution in [0.2, 0.25) is 5.02 Å². The van der Waals surface area contributed by atoms with Crippen LogP contribution in [-0.2, 0) is 10.0 Å². The van der Waals surface area contributed by atoms with Crippen LogP contribution in [0.4, 0.5) is 5.69 Å². The fourth-order valence-electron chi connectivity index (χ4n) is 2.98. The van der Waals surface area contributed by atoms with Crippen molar-refractivity contribution in [3.8, 4) is 11.5 Å². The van der Waals surface area contributed by atoms with Crippen LogP contribution < -0.4 is 19.5 Å². The first-order valence-electron chi connectivity index (χ1n) is 8.35. The van der Waals surface area contributed by atoms with Gasteiger partial charge in [-0.05, 0) is 36.4 Å². The quantitative estimate of drug-likeness (QED) is 0.600. The van der Waals surface area contributed by atoms with Crippen molar-refractivity contribution >= 4 is 44.1 Å². The Hall–Kier alpha value is -2.91. The van der Waals surface area contributed by atoms with Crippen LogP contribution in [0.1, 0.15) is 10.5 Å². The van der Waals surface area contributed by atoms with Gasteiger partial charge in [0, 0.05) is 23.6 Å². The first-order chi connectivity index (χ1) is 13.4. The van der Waals surface area contributed by atoms with E-state index in [1.807, 2.05) is 0 Å². The lowest BCUT2D eigenvalue weighted by Gasteiger charge is -2.22. The molecule has 4 rings (SSSR count). The minimum Gasteiger partial charge on any atom is -0.486 e. The zero-order valence-electron chi connectivity index (χ0n) is 14.7. The highest BCUT2D eigenvalue weighted by Crippen LogP contribution is 2.41. The maximum absolute atomic E-state index is 13.0. The van der Waals surface area contributed by atoms with E-state index in [9.17, 15) is 13.2 Å². The summed E-state index contributed by atoms with van der Waals surface area (Å²) in [6, 6.07) is 9.55. The van der Waals surface area contributed by atoms with E-state index in [1.165, 1.54) is 13.1 Å². The summed E-state index contributed by atoms with van der Waals surface area (Å²) in [6.45, 7) is 0.562. The van der Waals surface area contributed by atoms with E-state index in [0.717, 1.165) is 0 Å². The van der Waals surface area contributed by atoms with E-state index >= 15 is 0 Å². The van der Waals surface area contributed by atoms with E-state index in [2.05, 4.69) is 15.0 Å². The maximum atomic E-state index is 13.0. The Kier molecular flexibility index (Phi) is 4.56. The molecule has 0 atom stereocenters. The second kappa shape index (κ2) is 6.92. The highest BCUT2D eigenvalue weighted by atomic mass is 35.5. The molecule has 1 amide bonds. The zero-order valence-corrected chi connectivity index (χ0v) is 16.3. The van der Waals surface area contributed by atoms with Gasteiger partial charge in [0.2, 0.25) is 0 Å². The number of rotatable bonds is 4. The van der Waals surface area contributed by atoms with Gasteiger partial charge in [-0.15, -0.1) is 0 Å². The average Bonchev–Trinajstić information content (AvgIpc) is 3.10. The van der Waals surface area contributed by atoms with Crippen molar-refractivity contribution in [1.29, 1.82) is 0 Å². The topological polar surface area (TPSA) is 110 Å². The lowest BCUT2D eigenvalue weighted by Crippen LogP contribution is -2.20. The first kappa shape index (κ1) is 18.5. The fraction of sp³-hybridized carbons (Fsp3) is 0.167. The summed E-state index contributed by atoms with van der Waals surface area (Å²) in [5.41, 5.74) is 1.40. The van der Waals surface area contributed by atoms with E-state index in [4.69, 9.17) is 21.1 Å². The third kappa shape index (κ3) is 3.23. The Labute approximate surface area is 165 Å². The molecule has 28 heavy (non-hydrogen) atoms. The molecule has 0 unspecified atom stereocenters. The molecule has 1 aromatic heterocycles. The molecule has 3 N–H and O–H groups in total. The van der Waals surface area contributed by atoms with E-state index in [-0.39, 0.29) is 28.2 Å². The Bertz CT molecular complexity index is 1190. The summed E-state index contributed by atoms with van der Waals surface area (Å²) in [6.07, 6.45) is 0. The van der Waals surface area contributed by atoms with Crippen LogP contribution in [0.3, 0.4) is 0 Å². The number of H-pyrrole nitrogens is 1. The monoisotopic (exact) mass is 421 g/mol. The SMILES string of the molecule is CNC(=O)c1cc2cc(NS(=O)(=O)c3c(Cl)ccc4c3OCCO4)ccc2[nH]1. The first-order valence-corrected chi connectivity index (χ1v) is 10.2. The predicted octanol–water partition coefficient (Wildman–Crippen LogP) is 2.75. The standard InChI is InChI=1S/C18H16ClN3O5S/c1-20-18(23)14-9-10-8-11(2-4-13(10)21-14)22-28(24,25)17-12(19)3-5-15-16(17)27-7-6-26-15/h2-5,8-9,21-22H,6-7H2,1H3,(H,20,23). The van der Waals surface area contributed by atoms with Gasteiger partial charge in [0.1, 0.15) is 18.9 Å². The Morgan fingerprint density at radius 2 is 1.93 bits per heavy atom. The molecular weight excluding hydrogens is 406 g/mol. The normalized spacial score (nSPS) is 13.4. The molecule has 0 saturated heterocycles. The summed E-state index contributed by atoms with van der Waals surface area (Å²) in [7, 11) is -2.51. The molecule has 2 heterocycles. The number of benzene rings is 2. The van der Waals surface area contributed by atoms with Gasteiger partial charge in [-0.3, -0.25) is 9.52 Å². The lowest BCUT2D eigenvalue weighted by molar-refractivity contribution is 0.0959. The van der Waals surface area contributed by atoms with E-state index in [0.29, 0.717) is 34.6 Å². The summed E-state index contributed by atoms with van der Waals surface area (Å²) in [5, 5.41) is 3.24. The van der Waals surface area contributed by atoms with Gasteiger partial charge in [0.05, 0.1) is 5.02 Å². The molecule has 146 valence electrons. The number of nitrogens with one attached hydrogen (secondary N) is 3. The van der Waals surface area contributed by atoms with Gasteiger partial charge in [-0.1, -0.05) is 11.6 Å². The number of fused-ring (bicyclic) bond motifs is 2. The third-order valence-electron chi connectivity index (χ3n) is 4.23. The highest BCUT2D eigenvalue weighted by Gasteiger charge is 2.29. The number of carbonyl (C=O) groups is 1. The molecule has 0 bridgehead atoms. The molecule has 3 aromatic rings. The average molecular weight is 422 g/mol. The van der Waals surface area contributed by atoms with Gasteiger partial charge in [-0.2, -0.15) is 0 Å². The van der Waals surface area contributed by atoms with Crippen LogP contribution in [-0.4, -0.2) is 39.6 Å². The van der Waals surface area contributed by atoms with Crippen LogP contribution in [0.25, 0.3) is 10.9 Å². The molecule has 8 nitrogen and oxygen atoms in total. The number of hydrogen-bond donors (Lipinski definition) is 3. The summed E-state index contributed by atoms with van der Waals surface area (Å²) in [4.78, 5) is 14.6. The molecule has 10 heteroatoms. The molecule has 1 aliphatic heterocycles. The number of aromatic amines is 1. The number of sulfonamides is 1. The van der Waals surface area contributed by atoms with Crippen molar-refractivity contribution in [2.75, 3.05) is 25.0 Å². The molecular formula is C18H16ClN3O5S. The van der Waals surface area contributed by atoms with E-state index < -0.39 is 10.0 Å². The van der Waals surface area contributed by atoms with Gasteiger partial charge >= 0.3 is 0 Å². The molecule has 0 spiro atoms. The second-order valence-corrected chi connectivity index (χ2v) is 8.10. The van der Waals surface area contributed by atoms with Crippen LogP contribution in [0, 0.1) is 0 Å². The smallest absolute Gasteiger partial charge is 0.267 e. The van der Waals surface area contributed by atoms with Crippen LogP contribution >= 0.6 is 11.6 Å².